The van der Waals surface area contributed by atoms with Gasteiger partial charge in [0.2, 0.25) is 5.78 Å². The lowest BCUT2D eigenvalue weighted by Crippen LogP contribution is -2.04. The summed E-state index contributed by atoms with van der Waals surface area (Å²) in [5.74, 6) is 0.444. The molecule has 0 aliphatic carbocycles. The van der Waals surface area contributed by atoms with Gasteiger partial charge in [0.15, 0.2) is 5.82 Å². The highest BCUT2D eigenvalue weighted by Crippen LogP contribution is 2.12. The molecule has 1 aromatic heterocycles. The van der Waals surface area contributed by atoms with E-state index in [0.29, 0.717) is 17.1 Å². The first-order chi connectivity index (χ1) is 5.66. The lowest BCUT2D eigenvalue weighted by molar-refractivity contribution is 0.103. The molecule has 0 aromatic carbocycles. The van der Waals surface area contributed by atoms with E-state index < -0.39 is 0 Å². The minimum atomic E-state index is -0.114. The molecule has 0 aliphatic rings. The molecule has 0 spiro atoms. The van der Waals surface area contributed by atoms with E-state index in [0.717, 1.165) is 0 Å². The summed E-state index contributed by atoms with van der Waals surface area (Å²) >= 11 is 0. The average Bonchev–Trinajstić information content (AvgIpc) is 2.49. The van der Waals surface area contributed by atoms with E-state index in [9.17, 15) is 4.79 Å². The van der Waals surface area contributed by atoms with E-state index in [1.165, 1.54) is 6.33 Å². The summed E-state index contributed by atoms with van der Waals surface area (Å²) in [7, 11) is 1.71. The van der Waals surface area contributed by atoms with Gasteiger partial charge >= 0.3 is 0 Å². The molecule has 0 aliphatic heterocycles. The normalized spacial score (nSPS) is 9.50. The molecule has 64 valence electrons. The maximum atomic E-state index is 11.4. The van der Waals surface area contributed by atoms with Gasteiger partial charge < -0.3 is 10.3 Å². The third-order valence-corrected chi connectivity index (χ3v) is 1.49. The fraction of sp³-hybridized carbons (Fsp3) is 0.250. The summed E-state index contributed by atoms with van der Waals surface area (Å²) < 4.78 is 0. The molecular weight excluding hydrogens is 154 g/mol. The standard InChI is InChI=1S/C8H11N3O/c1-5(2)7(12)6-8(9-3)11-4-10-6/h4,9H,1H2,2-3H3,(H,10,11). The van der Waals surface area contributed by atoms with Gasteiger partial charge in [-0.05, 0) is 12.5 Å². The average molecular weight is 165 g/mol. The molecule has 4 heteroatoms. The fourth-order valence-electron chi connectivity index (χ4n) is 0.870. The van der Waals surface area contributed by atoms with Crippen molar-refractivity contribution in [3.8, 4) is 0 Å². The highest BCUT2D eigenvalue weighted by atomic mass is 16.1. The van der Waals surface area contributed by atoms with Crippen LogP contribution in [0.25, 0.3) is 0 Å². The van der Waals surface area contributed by atoms with Crippen molar-refractivity contribution in [1.82, 2.24) is 9.97 Å². The molecule has 0 amide bonds. The summed E-state index contributed by atoms with van der Waals surface area (Å²) in [6, 6.07) is 0. The molecule has 1 heterocycles. The van der Waals surface area contributed by atoms with Gasteiger partial charge in [-0.2, -0.15) is 0 Å². The predicted molar refractivity (Wildman–Crippen MR) is 47.3 cm³/mol. The first kappa shape index (κ1) is 8.52. The van der Waals surface area contributed by atoms with Crippen molar-refractivity contribution in [2.75, 3.05) is 12.4 Å². The highest BCUT2D eigenvalue weighted by Gasteiger charge is 2.12. The summed E-state index contributed by atoms with van der Waals surface area (Å²) in [4.78, 5) is 18.0. The lowest BCUT2D eigenvalue weighted by atomic mass is 10.2. The van der Waals surface area contributed by atoms with Crippen molar-refractivity contribution in [2.24, 2.45) is 0 Å². The Kier molecular flexibility index (Phi) is 2.28. The number of imidazole rings is 1. The van der Waals surface area contributed by atoms with Gasteiger partial charge in [-0.25, -0.2) is 4.98 Å². The van der Waals surface area contributed by atoms with E-state index in [-0.39, 0.29) is 5.78 Å². The van der Waals surface area contributed by atoms with Crippen LogP contribution in [-0.2, 0) is 0 Å². The lowest BCUT2D eigenvalue weighted by Gasteiger charge is -1.98. The van der Waals surface area contributed by atoms with Crippen molar-refractivity contribution in [1.29, 1.82) is 0 Å². The van der Waals surface area contributed by atoms with E-state index in [4.69, 9.17) is 0 Å². The van der Waals surface area contributed by atoms with Crippen molar-refractivity contribution >= 4 is 11.6 Å². The molecule has 1 aromatic rings. The SMILES string of the molecule is C=C(C)C(=O)c1[nH]cnc1NC. The van der Waals surface area contributed by atoms with Gasteiger partial charge in [-0.15, -0.1) is 0 Å². The first-order valence-electron chi connectivity index (χ1n) is 3.58. The molecule has 0 saturated carbocycles. The smallest absolute Gasteiger partial charge is 0.208 e. The van der Waals surface area contributed by atoms with Crippen LogP contribution in [0.3, 0.4) is 0 Å². The van der Waals surface area contributed by atoms with E-state index in [1.54, 1.807) is 14.0 Å². The number of hydrogen-bond donors (Lipinski definition) is 2. The molecule has 0 saturated heterocycles. The molecule has 0 unspecified atom stereocenters. The third-order valence-electron chi connectivity index (χ3n) is 1.49. The Labute approximate surface area is 70.7 Å². The van der Waals surface area contributed by atoms with Gasteiger partial charge in [0, 0.05) is 7.05 Å². The van der Waals surface area contributed by atoms with Crippen molar-refractivity contribution in [3.63, 3.8) is 0 Å². The number of aromatic nitrogens is 2. The zero-order chi connectivity index (χ0) is 9.14. The van der Waals surface area contributed by atoms with Crippen LogP contribution >= 0.6 is 0 Å². The molecule has 0 bridgehead atoms. The third kappa shape index (κ3) is 1.37. The Bertz CT molecular complexity index is 314. The Hall–Kier alpha value is -1.58. The molecule has 0 radical (unpaired) electrons. The Morgan fingerprint density at radius 3 is 2.92 bits per heavy atom. The summed E-state index contributed by atoms with van der Waals surface area (Å²) in [6.45, 7) is 5.23. The quantitative estimate of drug-likeness (QED) is 0.522. The number of nitrogens with one attached hydrogen (secondary N) is 2. The second kappa shape index (κ2) is 3.21. The van der Waals surface area contributed by atoms with E-state index in [1.807, 2.05) is 0 Å². The number of allylic oxidation sites excluding steroid dienone is 1. The number of carbonyl (C=O) groups excluding carboxylic acids is 1. The second-order valence-electron chi connectivity index (χ2n) is 2.49. The Morgan fingerprint density at radius 2 is 2.42 bits per heavy atom. The van der Waals surface area contributed by atoms with Crippen LogP contribution in [0.15, 0.2) is 18.5 Å². The van der Waals surface area contributed by atoms with Crippen LogP contribution in [0.4, 0.5) is 5.82 Å². The number of nitrogens with zero attached hydrogens (tertiary/aromatic N) is 1. The van der Waals surface area contributed by atoms with E-state index >= 15 is 0 Å². The molecule has 0 fully saturated rings. The van der Waals surface area contributed by atoms with Crippen molar-refractivity contribution < 1.29 is 4.79 Å². The molecule has 12 heavy (non-hydrogen) atoms. The fourth-order valence-corrected chi connectivity index (χ4v) is 0.870. The van der Waals surface area contributed by atoms with Crippen LogP contribution in [0.2, 0.25) is 0 Å². The molecule has 1 rings (SSSR count). The number of H-pyrrole nitrogens is 1. The van der Waals surface area contributed by atoms with Gasteiger partial charge in [0.05, 0.1) is 6.33 Å². The molecule has 2 N–H and O–H groups in total. The van der Waals surface area contributed by atoms with Crippen LogP contribution in [0.5, 0.6) is 0 Å². The number of ketones is 1. The Morgan fingerprint density at radius 1 is 1.75 bits per heavy atom. The van der Waals surface area contributed by atoms with E-state index in [2.05, 4.69) is 21.9 Å². The van der Waals surface area contributed by atoms with Crippen LogP contribution in [-0.4, -0.2) is 22.8 Å². The number of aromatic amines is 1. The minimum Gasteiger partial charge on any atom is -0.371 e. The molecule has 4 nitrogen and oxygen atoms in total. The summed E-state index contributed by atoms with van der Waals surface area (Å²) in [6.07, 6.45) is 1.47. The van der Waals surface area contributed by atoms with Gasteiger partial charge in [-0.1, -0.05) is 6.58 Å². The molecular formula is C8H11N3O. The topological polar surface area (TPSA) is 57.8 Å². The van der Waals surface area contributed by atoms with Crippen molar-refractivity contribution in [2.45, 2.75) is 6.92 Å². The summed E-state index contributed by atoms with van der Waals surface area (Å²) in [5, 5.41) is 2.81. The number of rotatable bonds is 3. The number of carbonyl (C=O) groups is 1. The van der Waals surface area contributed by atoms with Gasteiger partial charge in [-0.3, -0.25) is 4.79 Å². The second-order valence-corrected chi connectivity index (χ2v) is 2.49. The maximum absolute atomic E-state index is 11.4. The predicted octanol–water partition coefficient (Wildman–Crippen LogP) is 1.21. The Balaban J connectivity index is 3.02. The number of Topliss-reactive ketones (excluding diaryl/α,β-unsaturated/α-hetero) is 1. The minimum absolute atomic E-state index is 0.114. The number of hydrogen-bond acceptors (Lipinski definition) is 3. The van der Waals surface area contributed by atoms with Crippen LogP contribution in [0, 0.1) is 0 Å². The number of anilines is 1. The summed E-state index contributed by atoms with van der Waals surface area (Å²) in [5.41, 5.74) is 0.959. The van der Waals surface area contributed by atoms with Gasteiger partial charge in [0.1, 0.15) is 5.69 Å². The molecule has 0 atom stereocenters. The highest BCUT2D eigenvalue weighted by molar-refractivity contribution is 6.09. The first-order valence-corrected chi connectivity index (χ1v) is 3.58. The maximum Gasteiger partial charge on any atom is 0.208 e. The monoisotopic (exact) mass is 165 g/mol. The van der Waals surface area contributed by atoms with Crippen LogP contribution in [0.1, 0.15) is 17.4 Å². The van der Waals surface area contributed by atoms with Crippen molar-refractivity contribution in [3.05, 3.63) is 24.2 Å². The van der Waals surface area contributed by atoms with Crippen LogP contribution < -0.4 is 5.32 Å². The zero-order valence-electron chi connectivity index (χ0n) is 7.14. The van der Waals surface area contributed by atoms with Gasteiger partial charge in [0.25, 0.3) is 0 Å². The zero-order valence-corrected chi connectivity index (χ0v) is 7.14. The largest absolute Gasteiger partial charge is 0.371 e.